The molecule has 0 aliphatic carbocycles. The van der Waals surface area contributed by atoms with Gasteiger partial charge in [0, 0.05) is 30.6 Å². The number of fused-ring (bicyclic) bond motifs is 3. The molecule has 2 aromatic heterocycles. The van der Waals surface area contributed by atoms with Crippen LogP contribution >= 0.6 is 11.8 Å². The topological polar surface area (TPSA) is 72.7 Å². The Hall–Kier alpha value is -2.93. The molecule has 1 amide bonds. The third-order valence-corrected chi connectivity index (χ3v) is 6.59. The number of amides is 1. The SMILES string of the molecule is CCCCCNC(=O)CCCCSc1nnc2c3ccccc3n(Cc3ccccc3)c2n1. The van der Waals surface area contributed by atoms with E-state index in [4.69, 9.17) is 4.98 Å². The number of benzene rings is 2. The van der Waals surface area contributed by atoms with Crippen molar-refractivity contribution in [2.45, 2.75) is 57.1 Å². The first-order valence-corrected chi connectivity index (χ1v) is 12.8. The molecule has 2 heterocycles. The fraction of sp³-hybridized carbons (Fsp3) is 0.385. The van der Waals surface area contributed by atoms with Crippen LogP contribution < -0.4 is 5.32 Å². The van der Waals surface area contributed by atoms with Gasteiger partial charge in [-0.15, -0.1) is 10.2 Å². The summed E-state index contributed by atoms with van der Waals surface area (Å²) in [6, 6.07) is 18.7. The van der Waals surface area contributed by atoms with Gasteiger partial charge in [-0.05, 0) is 30.9 Å². The Labute approximate surface area is 199 Å². The van der Waals surface area contributed by atoms with Crippen LogP contribution in [0.25, 0.3) is 22.1 Å². The molecule has 7 heteroatoms. The van der Waals surface area contributed by atoms with Crippen LogP contribution in [-0.4, -0.2) is 38.0 Å². The molecule has 0 aliphatic rings. The van der Waals surface area contributed by atoms with E-state index in [0.717, 1.165) is 60.2 Å². The average Bonchev–Trinajstić information content (AvgIpc) is 3.15. The van der Waals surface area contributed by atoms with E-state index in [-0.39, 0.29) is 5.91 Å². The molecule has 0 unspecified atom stereocenters. The van der Waals surface area contributed by atoms with E-state index in [2.05, 4.69) is 63.4 Å². The van der Waals surface area contributed by atoms with Gasteiger partial charge in [0.1, 0.15) is 5.52 Å². The van der Waals surface area contributed by atoms with Gasteiger partial charge >= 0.3 is 0 Å². The molecule has 0 aliphatic heterocycles. The van der Waals surface area contributed by atoms with Gasteiger partial charge in [-0.25, -0.2) is 4.98 Å². The lowest BCUT2D eigenvalue weighted by Gasteiger charge is -2.07. The second-order valence-electron chi connectivity index (χ2n) is 8.22. The molecular formula is C26H31N5OS. The van der Waals surface area contributed by atoms with Gasteiger partial charge in [-0.1, -0.05) is 80.1 Å². The molecule has 0 saturated heterocycles. The summed E-state index contributed by atoms with van der Waals surface area (Å²) in [5.41, 5.74) is 4.04. The molecule has 0 spiro atoms. The van der Waals surface area contributed by atoms with Crippen molar-refractivity contribution in [2.24, 2.45) is 0 Å². The van der Waals surface area contributed by atoms with Gasteiger partial charge in [-0.2, -0.15) is 0 Å². The summed E-state index contributed by atoms with van der Waals surface area (Å²) in [5.74, 6) is 1.02. The van der Waals surface area contributed by atoms with Crippen LogP contribution in [0.3, 0.4) is 0 Å². The molecule has 1 N–H and O–H groups in total. The predicted molar refractivity (Wildman–Crippen MR) is 135 cm³/mol. The summed E-state index contributed by atoms with van der Waals surface area (Å²) in [6.07, 6.45) is 5.79. The van der Waals surface area contributed by atoms with E-state index in [1.165, 1.54) is 18.4 Å². The van der Waals surface area contributed by atoms with Crippen molar-refractivity contribution in [3.05, 3.63) is 60.2 Å². The van der Waals surface area contributed by atoms with Gasteiger partial charge in [0.25, 0.3) is 0 Å². The Bertz CT molecular complexity index is 1190. The van der Waals surface area contributed by atoms with Crippen molar-refractivity contribution in [1.29, 1.82) is 0 Å². The summed E-state index contributed by atoms with van der Waals surface area (Å²) in [5, 5.41) is 13.7. The normalized spacial score (nSPS) is 11.3. The lowest BCUT2D eigenvalue weighted by molar-refractivity contribution is -0.121. The second-order valence-corrected chi connectivity index (χ2v) is 9.28. The molecule has 0 radical (unpaired) electrons. The van der Waals surface area contributed by atoms with Crippen LogP contribution in [-0.2, 0) is 11.3 Å². The van der Waals surface area contributed by atoms with E-state index in [1.807, 2.05) is 18.2 Å². The number of hydrogen-bond donors (Lipinski definition) is 1. The highest BCUT2D eigenvalue weighted by molar-refractivity contribution is 7.99. The Morgan fingerprint density at radius 3 is 2.64 bits per heavy atom. The summed E-state index contributed by atoms with van der Waals surface area (Å²) >= 11 is 1.61. The second kappa shape index (κ2) is 11.8. The Morgan fingerprint density at radius 2 is 1.79 bits per heavy atom. The van der Waals surface area contributed by atoms with E-state index in [9.17, 15) is 4.79 Å². The monoisotopic (exact) mass is 461 g/mol. The van der Waals surface area contributed by atoms with Gasteiger partial charge < -0.3 is 9.88 Å². The van der Waals surface area contributed by atoms with Crippen molar-refractivity contribution < 1.29 is 4.79 Å². The quantitative estimate of drug-likeness (QED) is 0.220. The number of carbonyl (C=O) groups excluding carboxylic acids is 1. The van der Waals surface area contributed by atoms with Crippen molar-refractivity contribution in [3.63, 3.8) is 0 Å². The van der Waals surface area contributed by atoms with Crippen LogP contribution in [0.1, 0.15) is 51.0 Å². The van der Waals surface area contributed by atoms with Crippen molar-refractivity contribution in [3.8, 4) is 0 Å². The molecule has 0 bridgehead atoms. The number of nitrogens with one attached hydrogen (secondary N) is 1. The molecule has 0 atom stereocenters. The number of rotatable bonds is 12. The van der Waals surface area contributed by atoms with Gasteiger partial charge in [-0.3, -0.25) is 4.79 Å². The van der Waals surface area contributed by atoms with Crippen LogP contribution in [0.15, 0.2) is 59.8 Å². The maximum atomic E-state index is 11.9. The van der Waals surface area contributed by atoms with Crippen molar-refractivity contribution in [2.75, 3.05) is 12.3 Å². The first-order valence-electron chi connectivity index (χ1n) is 11.8. The number of nitrogens with zero attached hydrogens (tertiary/aromatic N) is 4. The fourth-order valence-electron chi connectivity index (χ4n) is 3.92. The first-order chi connectivity index (χ1) is 16.3. The smallest absolute Gasteiger partial charge is 0.219 e. The van der Waals surface area contributed by atoms with E-state index in [0.29, 0.717) is 11.6 Å². The fourth-order valence-corrected chi connectivity index (χ4v) is 4.70. The number of hydrogen-bond acceptors (Lipinski definition) is 5. The standard InChI is InChI=1S/C26H31N5OS/c1-2-3-10-17-27-23(32)16-9-11-18-33-26-28-25-24(29-30-26)21-14-7-8-15-22(21)31(25)19-20-12-5-4-6-13-20/h4-8,12-15H,2-3,9-11,16-19H2,1H3,(H,27,32). The molecule has 4 aromatic rings. The summed E-state index contributed by atoms with van der Waals surface area (Å²) in [6.45, 7) is 3.69. The third kappa shape index (κ3) is 6.11. The summed E-state index contributed by atoms with van der Waals surface area (Å²) in [7, 11) is 0. The van der Waals surface area contributed by atoms with Gasteiger partial charge in [0.2, 0.25) is 11.1 Å². The molecule has 172 valence electrons. The number of unbranched alkanes of at least 4 members (excludes halogenated alkanes) is 3. The maximum absolute atomic E-state index is 11.9. The average molecular weight is 462 g/mol. The minimum atomic E-state index is 0.154. The first kappa shape index (κ1) is 23.2. The molecule has 2 aromatic carbocycles. The Kier molecular flexibility index (Phi) is 8.30. The van der Waals surface area contributed by atoms with E-state index in [1.54, 1.807) is 11.8 Å². The number of carbonyl (C=O) groups is 1. The van der Waals surface area contributed by atoms with Crippen LogP contribution in [0, 0.1) is 0 Å². The summed E-state index contributed by atoms with van der Waals surface area (Å²) < 4.78 is 2.22. The van der Waals surface area contributed by atoms with E-state index < -0.39 is 0 Å². The Balaban J connectivity index is 1.39. The lowest BCUT2D eigenvalue weighted by Crippen LogP contribution is -2.23. The van der Waals surface area contributed by atoms with Crippen molar-refractivity contribution >= 4 is 39.7 Å². The summed E-state index contributed by atoms with van der Waals surface area (Å²) in [4.78, 5) is 16.8. The van der Waals surface area contributed by atoms with Crippen LogP contribution in [0.2, 0.25) is 0 Å². The number of aromatic nitrogens is 4. The molecule has 0 fully saturated rings. The molecule has 6 nitrogen and oxygen atoms in total. The zero-order valence-electron chi connectivity index (χ0n) is 19.2. The Morgan fingerprint density at radius 1 is 0.970 bits per heavy atom. The number of para-hydroxylation sites is 1. The zero-order valence-corrected chi connectivity index (χ0v) is 20.0. The zero-order chi connectivity index (χ0) is 22.9. The highest BCUT2D eigenvalue weighted by atomic mass is 32.2. The molecular weight excluding hydrogens is 430 g/mol. The molecule has 4 rings (SSSR count). The molecule has 0 saturated carbocycles. The largest absolute Gasteiger partial charge is 0.356 e. The lowest BCUT2D eigenvalue weighted by atomic mass is 10.2. The molecule has 33 heavy (non-hydrogen) atoms. The predicted octanol–water partition coefficient (Wildman–Crippen LogP) is 5.60. The van der Waals surface area contributed by atoms with Gasteiger partial charge in [0.15, 0.2) is 5.65 Å². The third-order valence-electron chi connectivity index (χ3n) is 5.67. The van der Waals surface area contributed by atoms with Crippen LogP contribution in [0.4, 0.5) is 0 Å². The highest BCUT2D eigenvalue weighted by Crippen LogP contribution is 2.28. The maximum Gasteiger partial charge on any atom is 0.219 e. The number of thioether (sulfide) groups is 1. The minimum absolute atomic E-state index is 0.154. The van der Waals surface area contributed by atoms with E-state index >= 15 is 0 Å². The highest BCUT2D eigenvalue weighted by Gasteiger charge is 2.15. The van der Waals surface area contributed by atoms with Crippen LogP contribution in [0.5, 0.6) is 0 Å². The van der Waals surface area contributed by atoms with Crippen molar-refractivity contribution in [1.82, 2.24) is 25.1 Å². The van der Waals surface area contributed by atoms with Gasteiger partial charge in [0.05, 0.1) is 5.52 Å². The minimum Gasteiger partial charge on any atom is -0.356 e.